The van der Waals surface area contributed by atoms with Gasteiger partial charge in [0, 0.05) is 25.0 Å². The first-order chi connectivity index (χ1) is 6.31. The van der Waals surface area contributed by atoms with E-state index in [2.05, 4.69) is 5.32 Å². The second-order valence-electron chi connectivity index (χ2n) is 4.19. The Hall–Kier alpha value is -0.570. The maximum Gasteiger partial charge on any atom is 0.225 e. The van der Waals surface area contributed by atoms with Crippen LogP contribution in [0.5, 0.6) is 0 Å². The standard InChI is InChI=1S/C10H18N2O/c1-11-9-5-6-12(7-9)10(13)8-3-2-4-8/h8-9,11H,2-7H2,1H3. The molecular weight excluding hydrogens is 164 g/mol. The lowest BCUT2D eigenvalue weighted by Crippen LogP contribution is -2.39. The van der Waals surface area contributed by atoms with Crippen LogP contribution in [0.15, 0.2) is 0 Å². The van der Waals surface area contributed by atoms with E-state index in [-0.39, 0.29) is 0 Å². The largest absolute Gasteiger partial charge is 0.341 e. The monoisotopic (exact) mass is 182 g/mol. The van der Waals surface area contributed by atoms with Crippen LogP contribution in [0.25, 0.3) is 0 Å². The molecule has 2 rings (SSSR count). The lowest BCUT2D eigenvalue weighted by atomic mass is 9.84. The molecule has 1 saturated carbocycles. The lowest BCUT2D eigenvalue weighted by Gasteiger charge is -2.29. The topological polar surface area (TPSA) is 32.3 Å². The third-order valence-electron chi connectivity index (χ3n) is 3.36. The van der Waals surface area contributed by atoms with E-state index in [0.29, 0.717) is 17.9 Å². The third kappa shape index (κ3) is 1.70. The molecule has 1 N–H and O–H groups in total. The van der Waals surface area contributed by atoms with Crippen LogP contribution in [-0.2, 0) is 4.79 Å². The van der Waals surface area contributed by atoms with Crippen LogP contribution in [0.4, 0.5) is 0 Å². The van der Waals surface area contributed by atoms with Gasteiger partial charge < -0.3 is 10.2 Å². The normalized spacial score (nSPS) is 29.0. The van der Waals surface area contributed by atoms with Gasteiger partial charge in [-0.15, -0.1) is 0 Å². The Labute approximate surface area is 79.5 Å². The van der Waals surface area contributed by atoms with E-state index in [4.69, 9.17) is 0 Å². The molecule has 0 aromatic carbocycles. The van der Waals surface area contributed by atoms with E-state index in [1.165, 1.54) is 6.42 Å². The molecule has 0 aromatic heterocycles. The second kappa shape index (κ2) is 3.66. The molecule has 0 radical (unpaired) electrons. The Kier molecular flexibility index (Phi) is 2.54. The first-order valence-corrected chi connectivity index (χ1v) is 5.27. The molecule has 74 valence electrons. The zero-order chi connectivity index (χ0) is 9.26. The molecule has 13 heavy (non-hydrogen) atoms. The molecule has 0 bridgehead atoms. The smallest absolute Gasteiger partial charge is 0.225 e. The lowest BCUT2D eigenvalue weighted by molar-refractivity contribution is -0.137. The van der Waals surface area contributed by atoms with Gasteiger partial charge in [0.2, 0.25) is 5.91 Å². The number of amides is 1. The molecule has 1 amide bonds. The summed E-state index contributed by atoms with van der Waals surface area (Å²) < 4.78 is 0. The predicted molar refractivity (Wildman–Crippen MR) is 51.4 cm³/mol. The third-order valence-corrected chi connectivity index (χ3v) is 3.36. The van der Waals surface area contributed by atoms with E-state index >= 15 is 0 Å². The fraction of sp³-hybridized carbons (Fsp3) is 0.900. The average Bonchev–Trinajstić information content (AvgIpc) is 2.48. The number of likely N-dealkylation sites (tertiary alicyclic amines) is 1. The molecule has 1 aliphatic heterocycles. The average molecular weight is 182 g/mol. The summed E-state index contributed by atoms with van der Waals surface area (Å²) in [5.41, 5.74) is 0. The molecule has 1 unspecified atom stereocenters. The van der Waals surface area contributed by atoms with Gasteiger partial charge in [0.05, 0.1) is 0 Å². The zero-order valence-electron chi connectivity index (χ0n) is 8.25. The Morgan fingerprint density at radius 2 is 2.15 bits per heavy atom. The van der Waals surface area contributed by atoms with Crippen molar-refractivity contribution in [1.82, 2.24) is 10.2 Å². The fourth-order valence-corrected chi connectivity index (χ4v) is 2.11. The van der Waals surface area contributed by atoms with E-state index < -0.39 is 0 Å². The number of nitrogens with zero attached hydrogens (tertiary/aromatic N) is 1. The highest BCUT2D eigenvalue weighted by atomic mass is 16.2. The number of hydrogen-bond acceptors (Lipinski definition) is 2. The predicted octanol–water partition coefficient (Wildman–Crippen LogP) is 0.607. The number of nitrogens with one attached hydrogen (secondary N) is 1. The van der Waals surface area contributed by atoms with Gasteiger partial charge in [-0.3, -0.25) is 4.79 Å². The molecule has 3 nitrogen and oxygen atoms in total. The molecule has 3 heteroatoms. The molecule has 2 fully saturated rings. The molecule has 1 heterocycles. The molecule has 2 aliphatic rings. The number of carbonyl (C=O) groups is 1. The second-order valence-corrected chi connectivity index (χ2v) is 4.19. The minimum absolute atomic E-state index is 0.371. The fourth-order valence-electron chi connectivity index (χ4n) is 2.11. The Bertz CT molecular complexity index is 201. The van der Waals surface area contributed by atoms with Crippen molar-refractivity contribution < 1.29 is 4.79 Å². The van der Waals surface area contributed by atoms with E-state index in [1.807, 2.05) is 11.9 Å². The summed E-state index contributed by atoms with van der Waals surface area (Å²) in [6.45, 7) is 1.88. The zero-order valence-corrected chi connectivity index (χ0v) is 8.25. The quantitative estimate of drug-likeness (QED) is 0.678. The highest BCUT2D eigenvalue weighted by molar-refractivity contribution is 5.79. The van der Waals surface area contributed by atoms with Gasteiger partial charge in [0.15, 0.2) is 0 Å². The van der Waals surface area contributed by atoms with Crippen molar-refractivity contribution in [2.45, 2.75) is 31.7 Å². The summed E-state index contributed by atoms with van der Waals surface area (Å²) >= 11 is 0. The van der Waals surface area contributed by atoms with Crippen LogP contribution in [0, 0.1) is 5.92 Å². The Morgan fingerprint density at radius 1 is 1.38 bits per heavy atom. The van der Waals surface area contributed by atoms with Crippen molar-refractivity contribution >= 4 is 5.91 Å². The summed E-state index contributed by atoms with van der Waals surface area (Å²) in [7, 11) is 1.97. The highest BCUT2D eigenvalue weighted by Crippen LogP contribution is 2.29. The van der Waals surface area contributed by atoms with E-state index in [1.54, 1.807) is 0 Å². The van der Waals surface area contributed by atoms with Gasteiger partial charge in [0.25, 0.3) is 0 Å². The number of rotatable bonds is 2. The van der Waals surface area contributed by atoms with Gasteiger partial charge in [-0.1, -0.05) is 6.42 Å². The van der Waals surface area contributed by atoms with Crippen molar-refractivity contribution in [3.05, 3.63) is 0 Å². The Balaban J connectivity index is 1.84. The van der Waals surface area contributed by atoms with Gasteiger partial charge in [-0.2, -0.15) is 0 Å². The first-order valence-electron chi connectivity index (χ1n) is 5.27. The number of carbonyl (C=O) groups excluding carboxylic acids is 1. The molecule has 1 atom stereocenters. The SMILES string of the molecule is CNC1CCN(C(=O)C2CCC2)C1. The van der Waals surface area contributed by atoms with Crippen LogP contribution in [0.2, 0.25) is 0 Å². The minimum atomic E-state index is 0.371. The van der Waals surface area contributed by atoms with E-state index in [9.17, 15) is 4.79 Å². The van der Waals surface area contributed by atoms with Crippen molar-refractivity contribution in [1.29, 1.82) is 0 Å². The Morgan fingerprint density at radius 3 is 2.62 bits per heavy atom. The summed E-state index contributed by atoms with van der Waals surface area (Å²) in [5.74, 6) is 0.777. The van der Waals surface area contributed by atoms with Gasteiger partial charge in [-0.05, 0) is 26.3 Å². The van der Waals surface area contributed by atoms with Crippen molar-refractivity contribution in [3.8, 4) is 0 Å². The molecule has 0 aromatic rings. The summed E-state index contributed by atoms with van der Waals surface area (Å²) in [4.78, 5) is 13.8. The first kappa shape index (κ1) is 9.00. The minimum Gasteiger partial charge on any atom is -0.341 e. The highest BCUT2D eigenvalue weighted by Gasteiger charge is 2.32. The maximum atomic E-state index is 11.8. The van der Waals surface area contributed by atoms with Gasteiger partial charge in [0.1, 0.15) is 0 Å². The van der Waals surface area contributed by atoms with Gasteiger partial charge >= 0.3 is 0 Å². The van der Waals surface area contributed by atoms with Crippen LogP contribution in [0.1, 0.15) is 25.7 Å². The summed E-state index contributed by atoms with van der Waals surface area (Å²) in [6, 6.07) is 0.532. The van der Waals surface area contributed by atoms with Gasteiger partial charge in [-0.25, -0.2) is 0 Å². The molecule has 1 saturated heterocycles. The van der Waals surface area contributed by atoms with Crippen LogP contribution < -0.4 is 5.32 Å². The molecular formula is C10H18N2O. The van der Waals surface area contributed by atoms with E-state index in [0.717, 1.165) is 32.4 Å². The maximum absolute atomic E-state index is 11.8. The number of likely N-dealkylation sites (N-methyl/N-ethyl adjacent to an activating group) is 1. The van der Waals surface area contributed by atoms with Crippen molar-refractivity contribution in [3.63, 3.8) is 0 Å². The summed E-state index contributed by atoms with van der Waals surface area (Å²) in [6.07, 6.45) is 4.62. The van der Waals surface area contributed by atoms with Crippen molar-refractivity contribution in [2.24, 2.45) is 5.92 Å². The van der Waals surface area contributed by atoms with Crippen LogP contribution in [-0.4, -0.2) is 37.0 Å². The van der Waals surface area contributed by atoms with Crippen LogP contribution in [0.3, 0.4) is 0 Å². The number of hydrogen-bond donors (Lipinski definition) is 1. The molecule has 0 spiro atoms. The summed E-state index contributed by atoms with van der Waals surface area (Å²) in [5, 5.41) is 3.23. The molecule has 1 aliphatic carbocycles. The van der Waals surface area contributed by atoms with Crippen molar-refractivity contribution in [2.75, 3.05) is 20.1 Å². The van der Waals surface area contributed by atoms with Crippen LogP contribution >= 0.6 is 0 Å².